The van der Waals surface area contributed by atoms with Crippen LogP contribution in [0.5, 0.6) is 5.75 Å². The molecule has 1 aliphatic heterocycles. The molecule has 3 heteroatoms. The van der Waals surface area contributed by atoms with E-state index in [-0.39, 0.29) is 6.10 Å². The van der Waals surface area contributed by atoms with Gasteiger partial charge in [-0.15, -0.1) is 11.3 Å². The second-order valence-corrected chi connectivity index (χ2v) is 6.65. The summed E-state index contributed by atoms with van der Waals surface area (Å²) in [5, 5.41) is 3.66. The second-order valence-electron chi connectivity index (χ2n) is 5.34. The van der Waals surface area contributed by atoms with Crippen molar-refractivity contribution >= 4 is 11.3 Å². The molecule has 1 N–H and O–H groups in total. The molecule has 0 fully saturated rings. The van der Waals surface area contributed by atoms with E-state index in [0.29, 0.717) is 6.04 Å². The van der Waals surface area contributed by atoms with Gasteiger partial charge in [0.15, 0.2) is 0 Å². The molecule has 0 saturated heterocycles. The van der Waals surface area contributed by atoms with Crippen molar-refractivity contribution in [1.29, 1.82) is 0 Å². The Balaban J connectivity index is 1.87. The lowest BCUT2D eigenvalue weighted by Crippen LogP contribution is -2.29. The van der Waals surface area contributed by atoms with Crippen LogP contribution in [0, 0.1) is 6.92 Å². The van der Waals surface area contributed by atoms with E-state index in [1.807, 2.05) is 11.3 Å². The maximum atomic E-state index is 6.21. The van der Waals surface area contributed by atoms with E-state index in [9.17, 15) is 0 Å². The normalized spacial score (nSPS) is 21.3. The molecule has 1 aromatic heterocycles. The van der Waals surface area contributed by atoms with Crippen molar-refractivity contribution in [3.05, 3.63) is 51.7 Å². The molecule has 0 amide bonds. The largest absolute Gasteiger partial charge is 0.484 e. The fraction of sp³-hybridized carbons (Fsp3) is 0.412. The van der Waals surface area contributed by atoms with Gasteiger partial charge in [-0.2, -0.15) is 0 Å². The van der Waals surface area contributed by atoms with Gasteiger partial charge in [-0.05, 0) is 38.1 Å². The lowest BCUT2D eigenvalue weighted by atomic mass is 9.95. The van der Waals surface area contributed by atoms with Gasteiger partial charge in [-0.25, -0.2) is 0 Å². The summed E-state index contributed by atoms with van der Waals surface area (Å²) < 4.78 is 6.21. The van der Waals surface area contributed by atoms with E-state index in [4.69, 9.17) is 4.74 Å². The maximum absolute atomic E-state index is 6.21. The van der Waals surface area contributed by atoms with Crippen molar-refractivity contribution in [1.82, 2.24) is 5.32 Å². The molecule has 2 nitrogen and oxygen atoms in total. The van der Waals surface area contributed by atoms with Crippen LogP contribution in [0.2, 0.25) is 0 Å². The SMILES string of the molecule is CCCNC1CC(c2ccc(C)s2)Oc2ccccc21. The molecular weight excluding hydrogens is 266 g/mol. The van der Waals surface area contributed by atoms with E-state index in [1.54, 1.807) is 0 Å². The summed E-state index contributed by atoms with van der Waals surface area (Å²) in [6.45, 7) is 5.41. The van der Waals surface area contributed by atoms with Crippen molar-refractivity contribution in [3.63, 3.8) is 0 Å². The molecule has 0 aliphatic carbocycles. The first-order valence-electron chi connectivity index (χ1n) is 7.33. The summed E-state index contributed by atoms with van der Waals surface area (Å²) in [6.07, 6.45) is 2.34. The zero-order chi connectivity index (χ0) is 13.9. The number of thiophene rings is 1. The fourth-order valence-electron chi connectivity index (χ4n) is 2.73. The van der Waals surface area contributed by atoms with Crippen LogP contribution < -0.4 is 10.1 Å². The van der Waals surface area contributed by atoms with E-state index in [1.165, 1.54) is 15.3 Å². The third kappa shape index (κ3) is 2.74. The molecule has 0 radical (unpaired) electrons. The number of ether oxygens (including phenoxy) is 1. The minimum atomic E-state index is 0.179. The molecule has 1 aromatic carbocycles. The Labute approximate surface area is 124 Å². The number of rotatable bonds is 4. The molecule has 2 unspecified atom stereocenters. The van der Waals surface area contributed by atoms with Crippen molar-refractivity contribution in [3.8, 4) is 5.75 Å². The highest BCUT2D eigenvalue weighted by Gasteiger charge is 2.29. The van der Waals surface area contributed by atoms with Crippen molar-refractivity contribution in [2.75, 3.05) is 6.54 Å². The third-order valence-electron chi connectivity index (χ3n) is 3.73. The Morgan fingerprint density at radius 1 is 1.25 bits per heavy atom. The molecule has 2 atom stereocenters. The number of para-hydroxylation sites is 1. The Hall–Kier alpha value is -1.32. The van der Waals surface area contributed by atoms with Crippen LogP contribution in [0.15, 0.2) is 36.4 Å². The molecule has 106 valence electrons. The number of fused-ring (bicyclic) bond motifs is 1. The smallest absolute Gasteiger partial charge is 0.135 e. The molecule has 20 heavy (non-hydrogen) atoms. The van der Waals surface area contributed by atoms with Gasteiger partial charge in [-0.3, -0.25) is 0 Å². The van der Waals surface area contributed by atoms with Crippen LogP contribution in [-0.4, -0.2) is 6.54 Å². The predicted molar refractivity (Wildman–Crippen MR) is 84.5 cm³/mol. The maximum Gasteiger partial charge on any atom is 0.135 e. The first-order chi connectivity index (χ1) is 9.78. The zero-order valence-corrected chi connectivity index (χ0v) is 12.9. The van der Waals surface area contributed by atoms with Gasteiger partial charge in [0.05, 0.1) is 0 Å². The minimum absolute atomic E-state index is 0.179. The van der Waals surface area contributed by atoms with Crippen LogP contribution in [-0.2, 0) is 0 Å². The highest BCUT2D eigenvalue weighted by molar-refractivity contribution is 7.12. The summed E-state index contributed by atoms with van der Waals surface area (Å²) in [5.74, 6) is 1.03. The van der Waals surface area contributed by atoms with Gasteiger partial charge in [0.1, 0.15) is 11.9 Å². The van der Waals surface area contributed by atoms with Crippen molar-refractivity contribution in [2.45, 2.75) is 38.8 Å². The van der Waals surface area contributed by atoms with Gasteiger partial charge in [0, 0.05) is 27.8 Å². The van der Waals surface area contributed by atoms with E-state index < -0.39 is 0 Å². The van der Waals surface area contributed by atoms with Crippen LogP contribution in [0.25, 0.3) is 0 Å². The Kier molecular flexibility index (Phi) is 4.08. The molecule has 1 aliphatic rings. The Morgan fingerprint density at radius 2 is 2.10 bits per heavy atom. The van der Waals surface area contributed by atoms with E-state index in [2.05, 4.69) is 55.6 Å². The summed E-state index contributed by atoms with van der Waals surface area (Å²) in [6, 6.07) is 13.2. The summed E-state index contributed by atoms with van der Waals surface area (Å²) in [5.41, 5.74) is 1.30. The Morgan fingerprint density at radius 3 is 2.85 bits per heavy atom. The van der Waals surface area contributed by atoms with Gasteiger partial charge < -0.3 is 10.1 Å². The van der Waals surface area contributed by atoms with Crippen LogP contribution in [0.1, 0.15) is 47.2 Å². The van der Waals surface area contributed by atoms with Gasteiger partial charge in [0.25, 0.3) is 0 Å². The van der Waals surface area contributed by atoms with E-state index >= 15 is 0 Å². The average Bonchev–Trinajstić information content (AvgIpc) is 2.91. The van der Waals surface area contributed by atoms with Gasteiger partial charge in [0.2, 0.25) is 0 Å². The first kappa shape index (κ1) is 13.7. The minimum Gasteiger partial charge on any atom is -0.484 e. The predicted octanol–water partition coefficient (Wildman–Crippen LogP) is 4.62. The number of nitrogens with one attached hydrogen (secondary N) is 1. The topological polar surface area (TPSA) is 21.3 Å². The highest BCUT2D eigenvalue weighted by Crippen LogP contribution is 2.42. The quantitative estimate of drug-likeness (QED) is 0.886. The summed E-state index contributed by atoms with van der Waals surface area (Å²) >= 11 is 1.84. The van der Waals surface area contributed by atoms with Crippen molar-refractivity contribution in [2.24, 2.45) is 0 Å². The monoisotopic (exact) mass is 287 g/mol. The van der Waals surface area contributed by atoms with Crippen LogP contribution >= 0.6 is 11.3 Å². The van der Waals surface area contributed by atoms with Crippen LogP contribution in [0.3, 0.4) is 0 Å². The summed E-state index contributed by atoms with van der Waals surface area (Å²) in [4.78, 5) is 2.68. The fourth-order valence-corrected chi connectivity index (χ4v) is 3.65. The van der Waals surface area contributed by atoms with Gasteiger partial charge in [-0.1, -0.05) is 25.1 Å². The molecular formula is C17H21NOS. The number of hydrogen-bond acceptors (Lipinski definition) is 3. The number of aryl methyl sites for hydroxylation is 1. The second kappa shape index (κ2) is 5.98. The molecule has 0 saturated carbocycles. The third-order valence-corrected chi connectivity index (χ3v) is 4.83. The van der Waals surface area contributed by atoms with Gasteiger partial charge >= 0.3 is 0 Å². The van der Waals surface area contributed by atoms with Crippen molar-refractivity contribution < 1.29 is 4.74 Å². The highest BCUT2D eigenvalue weighted by atomic mass is 32.1. The average molecular weight is 287 g/mol. The molecule has 2 heterocycles. The molecule has 0 bridgehead atoms. The molecule has 2 aromatic rings. The van der Waals surface area contributed by atoms with Crippen LogP contribution in [0.4, 0.5) is 0 Å². The first-order valence-corrected chi connectivity index (χ1v) is 8.15. The standard InChI is InChI=1S/C17H21NOS/c1-3-10-18-14-11-16(17-9-8-12(2)20-17)19-15-7-5-4-6-13(14)15/h4-9,14,16,18H,3,10-11H2,1-2H3. The van der Waals surface area contributed by atoms with E-state index in [0.717, 1.165) is 25.1 Å². The zero-order valence-electron chi connectivity index (χ0n) is 12.1. The lowest BCUT2D eigenvalue weighted by Gasteiger charge is -2.32. The number of benzene rings is 1. The number of hydrogen-bond donors (Lipinski definition) is 1. The molecule has 0 spiro atoms. The summed E-state index contributed by atoms with van der Waals surface area (Å²) in [7, 11) is 0. The lowest BCUT2D eigenvalue weighted by molar-refractivity contribution is 0.155. The Bertz CT molecular complexity index is 578. The molecule has 3 rings (SSSR count).